The highest BCUT2D eigenvalue weighted by Gasteiger charge is 2.43. The molecule has 0 unspecified atom stereocenters. The van der Waals surface area contributed by atoms with Crippen molar-refractivity contribution in [1.29, 1.82) is 0 Å². The summed E-state index contributed by atoms with van der Waals surface area (Å²) < 4.78 is 6.14. The lowest BCUT2D eigenvalue weighted by Gasteiger charge is -2.43. The van der Waals surface area contributed by atoms with Crippen LogP contribution in [0.15, 0.2) is 18.2 Å². The number of likely N-dealkylation sites (tertiary alicyclic amines) is 1. The molecule has 0 aromatic heterocycles. The number of ether oxygens (including phenoxy) is 1. The van der Waals surface area contributed by atoms with E-state index in [1.807, 2.05) is 30.0 Å². The fourth-order valence-corrected chi connectivity index (χ4v) is 3.20. The number of piperidine rings is 1. The minimum absolute atomic E-state index is 0.0554. The zero-order valence-electron chi connectivity index (χ0n) is 12.1. The summed E-state index contributed by atoms with van der Waals surface area (Å²) in [6.07, 6.45) is 1.78. The van der Waals surface area contributed by atoms with Gasteiger partial charge in [-0.15, -0.1) is 0 Å². The van der Waals surface area contributed by atoms with E-state index in [4.69, 9.17) is 9.84 Å². The Balaban J connectivity index is 1.76. The van der Waals surface area contributed by atoms with E-state index < -0.39 is 11.6 Å². The Bertz CT molecular complexity index is 588. The second-order valence-corrected chi connectivity index (χ2v) is 6.05. The van der Waals surface area contributed by atoms with Crippen LogP contribution in [0.5, 0.6) is 5.75 Å². The van der Waals surface area contributed by atoms with Gasteiger partial charge in [0, 0.05) is 25.9 Å². The van der Waals surface area contributed by atoms with Crippen LogP contribution in [0, 0.1) is 6.92 Å². The first-order chi connectivity index (χ1) is 9.97. The number of carboxylic acids is 1. The summed E-state index contributed by atoms with van der Waals surface area (Å²) in [5, 5.41) is 8.84. The third-order valence-corrected chi connectivity index (χ3v) is 4.37. The zero-order chi connectivity index (χ0) is 15.0. The molecule has 1 fully saturated rings. The first-order valence-electron chi connectivity index (χ1n) is 7.24. The number of aryl methyl sites for hydroxylation is 1. The van der Waals surface area contributed by atoms with Crippen molar-refractivity contribution in [3.8, 4) is 5.75 Å². The molecule has 2 heterocycles. The molecule has 1 saturated heterocycles. The molecule has 0 saturated carbocycles. The molecule has 0 amide bonds. The van der Waals surface area contributed by atoms with Crippen LogP contribution in [0.25, 0.3) is 0 Å². The number of carbonyl (C=O) groups excluding carboxylic acids is 1. The monoisotopic (exact) mass is 289 g/mol. The molecular formula is C16H19NO4. The number of hydrogen-bond acceptors (Lipinski definition) is 4. The van der Waals surface area contributed by atoms with Gasteiger partial charge in [-0.1, -0.05) is 11.6 Å². The number of Topliss-reactive ketones (excluding diaryl/α,β-unsaturated/α-hetero) is 1. The molecule has 0 radical (unpaired) electrons. The highest BCUT2D eigenvalue weighted by Crippen LogP contribution is 2.39. The molecule has 112 valence electrons. The van der Waals surface area contributed by atoms with Crippen LogP contribution in [0.3, 0.4) is 0 Å². The average Bonchev–Trinajstić information content (AvgIpc) is 2.42. The molecule has 3 rings (SSSR count). The second-order valence-electron chi connectivity index (χ2n) is 6.05. The maximum atomic E-state index is 12.4. The summed E-state index contributed by atoms with van der Waals surface area (Å²) in [6.45, 7) is 3.32. The van der Waals surface area contributed by atoms with Crippen molar-refractivity contribution < 1.29 is 19.4 Å². The largest absolute Gasteiger partial charge is 0.486 e. The van der Waals surface area contributed by atoms with Crippen molar-refractivity contribution in [2.45, 2.75) is 31.8 Å². The smallest absolute Gasteiger partial charge is 0.317 e. The number of nitrogens with zero attached hydrogens (tertiary/aromatic N) is 1. The van der Waals surface area contributed by atoms with Crippen LogP contribution in [0.1, 0.15) is 35.2 Å². The second kappa shape index (κ2) is 5.15. The Morgan fingerprint density at radius 1 is 1.38 bits per heavy atom. The van der Waals surface area contributed by atoms with Crippen molar-refractivity contribution in [2.75, 3.05) is 19.6 Å². The minimum atomic E-state index is -0.813. The van der Waals surface area contributed by atoms with E-state index in [0.717, 1.165) is 5.56 Å². The summed E-state index contributed by atoms with van der Waals surface area (Å²) in [5.74, 6) is -0.0115. The Hall–Kier alpha value is -1.88. The molecule has 1 spiro atoms. The Kier molecular flexibility index (Phi) is 3.45. The highest BCUT2D eigenvalue weighted by molar-refractivity contribution is 6.00. The predicted octanol–water partition coefficient (Wildman–Crippen LogP) is 1.88. The van der Waals surface area contributed by atoms with Gasteiger partial charge in [-0.3, -0.25) is 14.5 Å². The van der Waals surface area contributed by atoms with Gasteiger partial charge in [0.2, 0.25) is 0 Å². The van der Waals surface area contributed by atoms with E-state index in [0.29, 0.717) is 43.7 Å². The van der Waals surface area contributed by atoms with E-state index in [-0.39, 0.29) is 12.3 Å². The SMILES string of the molecule is Cc1ccc2c(c1)C(=O)CC1(CCN(CC(=O)O)CC1)O2. The lowest BCUT2D eigenvalue weighted by atomic mass is 9.82. The van der Waals surface area contributed by atoms with Gasteiger partial charge >= 0.3 is 5.97 Å². The molecule has 2 aliphatic heterocycles. The molecule has 5 nitrogen and oxygen atoms in total. The van der Waals surface area contributed by atoms with Gasteiger partial charge < -0.3 is 9.84 Å². The summed E-state index contributed by atoms with van der Waals surface area (Å²) in [4.78, 5) is 25.0. The molecule has 1 aromatic rings. The zero-order valence-corrected chi connectivity index (χ0v) is 12.1. The fraction of sp³-hybridized carbons (Fsp3) is 0.500. The van der Waals surface area contributed by atoms with Gasteiger partial charge in [0.1, 0.15) is 11.4 Å². The quantitative estimate of drug-likeness (QED) is 0.900. The van der Waals surface area contributed by atoms with Crippen LogP contribution in [-0.4, -0.2) is 47.0 Å². The number of fused-ring (bicyclic) bond motifs is 1. The number of benzene rings is 1. The lowest BCUT2D eigenvalue weighted by molar-refractivity contribution is -0.139. The average molecular weight is 289 g/mol. The maximum Gasteiger partial charge on any atom is 0.317 e. The van der Waals surface area contributed by atoms with Gasteiger partial charge in [0.25, 0.3) is 0 Å². The molecule has 2 aliphatic rings. The summed E-state index contributed by atoms with van der Waals surface area (Å²) in [6, 6.07) is 5.70. The van der Waals surface area contributed by atoms with E-state index in [1.54, 1.807) is 0 Å². The third kappa shape index (κ3) is 2.78. The molecule has 1 aromatic carbocycles. The van der Waals surface area contributed by atoms with Gasteiger partial charge in [-0.05, 0) is 19.1 Å². The Morgan fingerprint density at radius 2 is 2.10 bits per heavy atom. The lowest BCUT2D eigenvalue weighted by Crippen LogP contribution is -2.51. The first kappa shape index (κ1) is 14.1. The van der Waals surface area contributed by atoms with Crippen LogP contribution < -0.4 is 4.74 Å². The van der Waals surface area contributed by atoms with Crippen molar-refractivity contribution in [2.24, 2.45) is 0 Å². The van der Waals surface area contributed by atoms with Gasteiger partial charge in [0.15, 0.2) is 5.78 Å². The number of ketones is 1. The Labute approximate surface area is 123 Å². The molecule has 21 heavy (non-hydrogen) atoms. The van der Waals surface area contributed by atoms with E-state index >= 15 is 0 Å². The molecule has 5 heteroatoms. The number of aliphatic carboxylic acids is 1. The van der Waals surface area contributed by atoms with Gasteiger partial charge in [0.05, 0.1) is 18.5 Å². The van der Waals surface area contributed by atoms with Crippen LogP contribution in [0.2, 0.25) is 0 Å². The Morgan fingerprint density at radius 3 is 2.76 bits per heavy atom. The fourth-order valence-electron chi connectivity index (χ4n) is 3.20. The molecular weight excluding hydrogens is 270 g/mol. The summed E-state index contributed by atoms with van der Waals surface area (Å²) in [7, 11) is 0. The predicted molar refractivity (Wildman–Crippen MR) is 76.8 cm³/mol. The first-order valence-corrected chi connectivity index (χ1v) is 7.24. The van der Waals surface area contributed by atoms with E-state index in [9.17, 15) is 9.59 Å². The summed E-state index contributed by atoms with van der Waals surface area (Å²) >= 11 is 0. The van der Waals surface area contributed by atoms with E-state index in [1.165, 1.54) is 0 Å². The highest BCUT2D eigenvalue weighted by atomic mass is 16.5. The van der Waals surface area contributed by atoms with Gasteiger partial charge in [-0.25, -0.2) is 0 Å². The standard InChI is InChI=1S/C16H19NO4/c1-11-2-3-14-12(8-11)13(18)9-16(21-14)4-6-17(7-5-16)10-15(19)20/h2-3,8H,4-7,9-10H2,1H3,(H,19,20). The van der Waals surface area contributed by atoms with Crippen LogP contribution in [-0.2, 0) is 4.79 Å². The van der Waals surface area contributed by atoms with E-state index in [2.05, 4.69) is 0 Å². The van der Waals surface area contributed by atoms with Crippen molar-refractivity contribution in [3.63, 3.8) is 0 Å². The summed E-state index contributed by atoms with van der Waals surface area (Å²) in [5.41, 5.74) is 1.28. The normalized spacial score (nSPS) is 20.9. The molecule has 0 atom stereocenters. The van der Waals surface area contributed by atoms with Crippen LogP contribution in [0.4, 0.5) is 0 Å². The number of hydrogen-bond donors (Lipinski definition) is 1. The van der Waals surface area contributed by atoms with Crippen molar-refractivity contribution in [3.05, 3.63) is 29.3 Å². The van der Waals surface area contributed by atoms with Gasteiger partial charge in [-0.2, -0.15) is 0 Å². The molecule has 0 bridgehead atoms. The molecule has 1 N–H and O–H groups in total. The number of carboxylic acid groups (broad SMARTS) is 1. The van der Waals surface area contributed by atoms with Crippen LogP contribution >= 0.6 is 0 Å². The minimum Gasteiger partial charge on any atom is -0.486 e. The maximum absolute atomic E-state index is 12.4. The van der Waals surface area contributed by atoms with Crippen molar-refractivity contribution in [1.82, 2.24) is 4.90 Å². The third-order valence-electron chi connectivity index (χ3n) is 4.37. The molecule has 0 aliphatic carbocycles. The topological polar surface area (TPSA) is 66.8 Å². The number of carbonyl (C=O) groups is 2. The number of rotatable bonds is 2. The van der Waals surface area contributed by atoms with Crippen molar-refractivity contribution >= 4 is 11.8 Å².